The van der Waals surface area contributed by atoms with Crippen LogP contribution in [0.5, 0.6) is 5.75 Å². The zero-order valence-electron chi connectivity index (χ0n) is 11.1. The van der Waals surface area contributed by atoms with E-state index in [2.05, 4.69) is 10.9 Å². The van der Waals surface area contributed by atoms with Crippen LogP contribution >= 0.6 is 0 Å². The molecule has 2 rings (SSSR count). The highest BCUT2D eigenvalue weighted by molar-refractivity contribution is 5.99. The van der Waals surface area contributed by atoms with E-state index in [4.69, 9.17) is 5.11 Å². The van der Waals surface area contributed by atoms with Crippen molar-refractivity contribution in [3.05, 3.63) is 69.8 Å². The first-order chi connectivity index (χ1) is 10.5. The Morgan fingerprint density at radius 1 is 0.864 bits per heavy atom. The Labute approximate surface area is 124 Å². The molecule has 0 heterocycles. The van der Waals surface area contributed by atoms with Gasteiger partial charge < -0.3 is 5.11 Å². The van der Waals surface area contributed by atoms with E-state index < -0.39 is 16.7 Å². The molecule has 0 bridgehead atoms. The summed E-state index contributed by atoms with van der Waals surface area (Å²) in [4.78, 5) is 33.5. The van der Waals surface area contributed by atoms with Crippen LogP contribution in [0.2, 0.25) is 0 Å². The van der Waals surface area contributed by atoms with Crippen molar-refractivity contribution in [2.75, 3.05) is 0 Å². The number of carbonyl (C=O) groups excluding carboxylic acids is 2. The van der Waals surface area contributed by atoms with Gasteiger partial charge in [-0.1, -0.05) is 0 Å². The van der Waals surface area contributed by atoms with Crippen molar-refractivity contribution in [1.82, 2.24) is 10.9 Å². The van der Waals surface area contributed by atoms with E-state index in [1.807, 2.05) is 0 Å². The Hall–Kier alpha value is -3.42. The maximum atomic E-state index is 11.8. The van der Waals surface area contributed by atoms with Gasteiger partial charge in [0.1, 0.15) is 5.75 Å². The molecule has 0 unspecified atom stereocenters. The van der Waals surface area contributed by atoms with E-state index in [-0.39, 0.29) is 22.6 Å². The molecule has 0 spiro atoms. The highest BCUT2D eigenvalue weighted by Crippen LogP contribution is 2.12. The second-order valence-electron chi connectivity index (χ2n) is 4.26. The van der Waals surface area contributed by atoms with Crippen LogP contribution in [-0.4, -0.2) is 21.8 Å². The number of carbonyl (C=O) groups is 2. The lowest BCUT2D eigenvalue weighted by Crippen LogP contribution is -2.41. The normalized spacial score (nSPS) is 9.82. The van der Waals surface area contributed by atoms with Crippen LogP contribution in [-0.2, 0) is 0 Å². The van der Waals surface area contributed by atoms with Crippen LogP contribution in [0.1, 0.15) is 20.7 Å². The summed E-state index contributed by atoms with van der Waals surface area (Å²) in [5, 5.41) is 19.6. The van der Waals surface area contributed by atoms with Crippen LogP contribution in [0.25, 0.3) is 0 Å². The van der Waals surface area contributed by atoms with Crippen molar-refractivity contribution < 1.29 is 19.6 Å². The number of phenols is 1. The van der Waals surface area contributed by atoms with Crippen LogP contribution in [0.15, 0.2) is 48.5 Å². The molecule has 22 heavy (non-hydrogen) atoms. The van der Waals surface area contributed by atoms with Gasteiger partial charge in [0, 0.05) is 23.3 Å². The Morgan fingerprint density at radius 2 is 1.27 bits per heavy atom. The third-order valence-corrected chi connectivity index (χ3v) is 2.76. The van der Waals surface area contributed by atoms with E-state index in [0.717, 1.165) is 0 Å². The number of nitro groups is 1. The van der Waals surface area contributed by atoms with Crippen molar-refractivity contribution >= 4 is 17.5 Å². The van der Waals surface area contributed by atoms with Gasteiger partial charge in [-0.25, -0.2) is 0 Å². The van der Waals surface area contributed by atoms with E-state index in [9.17, 15) is 19.7 Å². The van der Waals surface area contributed by atoms with Crippen LogP contribution in [0, 0.1) is 10.1 Å². The summed E-state index contributed by atoms with van der Waals surface area (Å²) in [7, 11) is 0. The quantitative estimate of drug-likeness (QED) is 0.584. The van der Waals surface area contributed by atoms with E-state index in [1.165, 1.54) is 48.5 Å². The van der Waals surface area contributed by atoms with Gasteiger partial charge in [-0.15, -0.1) is 0 Å². The molecule has 3 N–H and O–H groups in total. The molecule has 0 aliphatic carbocycles. The predicted octanol–water partition coefficient (Wildman–Crippen LogP) is 1.38. The lowest BCUT2D eigenvalue weighted by atomic mass is 10.2. The van der Waals surface area contributed by atoms with Crippen molar-refractivity contribution in [1.29, 1.82) is 0 Å². The van der Waals surface area contributed by atoms with Gasteiger partial charge in [-0.05, 0) is 36.4 Å². The first-order valence-corrected chi connectivity index (χ1v) is 6.11. The molecule has 0 atom stereocenters. The second-order valence-corrected chi connectivity index (χ2v) is 4.26. The highest BCUT2D eigenvalue weighted by atomic mass is 16.6. The molecule has 0 radical (unpaired) electrons. The number of non-ortho nitro benzene ring substituents is 1. The van der Waals surface area contributed by atoms with Crippen LogP contribution < -0.4 is 10.9 Å². The summed E-state index contributed by atoms with van der Waals surface area (Å²) in [5.74, 6) is -1.15. The minimum atomic E-state index is -0.609. The number of amides is 2. The largest absolute Gasteiger partial charge is 0.508 e. The zero-order valence-corrected chi connectivity index (χ0v) is 11.1. The lowest BCUT2D eigenvalue weighted by molar-refractivity contribution is -0.384. The number of phenolic OH excluding ortho intramolecular Hbond substituents is 1. The smallest absolute Gasteiger partial charge is 0.269 e. The molecule has 0 aliphatic heterocycles. The van der Waals surface area contributed by atoms with E-state index >= 15 is 0 Å². The standard InChI is InChI=1S/C14H11N3O5/c18-12-7-3-10(4-8-12)14(20)16-15-13(19)9-1-5-11(6-2-9)17(21)22/h1-8,18H,(H,15,19)(H,16,20). The molecule has 2 aromatic rings. The molecule has 8 heteroatoms. The van der Waals surface area contributed by atoms with Gasteiger partial charge in [0.05, 0.1) is 4.92 Å². The molecular weight excluding hydrogens is 290 g/mol. The number of hydrogen-bond acceptors (Lipinski definition) is 5. The number of benzene rings is 2. The molecule has 0 aliphatic rings. The van der Waals surface area contributed by atoms with Crippen molar-refractivity contribution in [2.24, 2.45) is 0 Å². The molecule has 0 saturated carbocycles. The number of rotatable bonds is 3. The van der Waals surface area contributed by atoms with Gasteiger partial charge in [-0.3, -0.25) is 30.6 Å². The summed E-state index contributed by atoms with van der Waals surface area (Å²) in [5.41, 5.74) is 4.67. The first kappa shape index (κ1) is 15.0. The Balaban J connectivity index is 1.96. The fourth-order valence-electron chi connectivity index (χ4n) is 1.61. The monoisotopic (exact) mass is 301 g/mol. The number of hydrogen-bond donors (Lipinski definition) is 3. The number of nitrogens with one attached hydrogen (secondary N) is 2. The molecule has 2 amide bonds. The first-order valence-electron chi connectivity index (χ1n) is 6.11. The van der Waals surface area contributed by atoms with Gasteiger partial charge in [0.2, 0.25) is 0 Å². The second kappa shape index (κ2) is 6.35. The van der Waals surface area contributed by atoms with Crippen molar-refractivity contribution in [3.8, 4) is 5.75 Å². The summed E-state index contributed by atoms with van der Waals surface area (Å²) < 4.78 is 0. The van der Waals surface area contributed by atoms with Crippen LogP contribution in [0.3, 0.4) is 0 Å². The predicted molar refractivity (Wildman–Crippen MR) is 76.1 cm³/mol. The SMILES string of the molecule is O=C(NNC(=O)c1ccc([N+](=O)[O-])cc1)c1ccc(O)cc1. The van der Waals surface area contributed by atoms with E-state index in [0.29, 0.717) is 0 Å². The molecular formula is C14H11N3O5. The Morgan fingerprint density at radius 3 is 1.68 bits per heavy atom. The summed E-state index contributed by atoms with van der Waals surface area (Å²) in [6, 6.07) is 10.4. The molecule has 0 saturated heterocycles. The topological polar surface area (TPSA) is 122 Å². The molecule has 0 aromatic heterocycles. The minimum absolute atomic E-state index is 0.0199. The van der Waals surface area contributed by atoms with Crippen LogP contribution in [0.4, 0.5) is 5.69 Å². The average Bonchev–Trinajstić information content (AvgIpc) is 2.53. The molecule has 2 aromatic carbocycles. The van der Waals surface area contributed by atoms with Gasteiger partial charge >= 0.3 is 0 Å². The highest BCUT2D eigenvalue weighted by Gasteiger charge is 2.11. The van der Waals surface area contributed by atoms with Gasteiger partial charge in [-0.2, -0.15) is 0 Å². The number of aromatic hydroxyl groups is 1. The fourth-order valence-corrected chi connectivity index (χ4v) is 1.61. The average molecular weight is 301 g/mol. The molecule has 112 valence electrons. The maximum absolute atomic E-state index is 11.8. The Kier molecular flexibility index (Phi) is 4.33. The third-order valence-electron chi connectivity index (χ3n) is 2.76. The number of hydrazine groups is 1. The molecule has 8 nitrogen and oxygen atoms in total. The fraction of sp³-hybridized carbons (Fsp3) is 0. The van der Waals surface area contributed by atoms with Crippen molar-refractivity contribution in [3.63, 3.8) is 0 Å². The van der Waals surface area contributed by atoms with E-state index in [1.54, 1.807) is 0 Å². The van der Waals surface area contributed by atoms with Gasteiger partial charge in [0.15, 0.2) is 0 Å². The summed E-state index contributed by atoms with van der Waals surface area (Å²) in [6.45, 7) is 0. The lowest BCUT2D eigenvalue weighted by Gasteiger charge is -2.07. The van der Waals surface area contributed by atoms with Gasteiger partial charge in [0.25, 0.3) is 17.5 Å². The maximum Gasteiger partial charge on any atom is 0.269 e. The minimum Gasteiger partial charge on any atom is -0.508 e. The summed E-state index contributed by atoms with van der Waals surface area (Å²) in [6.07, 6.45) is 0. The Bertz CT molecular complexity index is 710. The number of nitrogens with zero attached hydrogens (tertiary/aromatic N) is 1. The van der Waals surface area contributed by atoms with Crippen molar-refractivity contribution in [2.45, 2.75) is 0 Å². The molecule has 0 fully saturated rings. The third kappa shape index (κ3) is 3.57. The zero-order chi connectivity index (χ0) is 16.1. The summed E-state index contributed by atoms with van der Waals surface area (Å²) >= 11 is 0. The number of nitro benzene ring substituents is 1.